The fourth-order valence-electron chi connectivity index (χ4n) is 0.937. The van der Waals surface area contributed by atoms with Gasteiger partial charge in [-0.1, -0.05) is 6.92 Å². The van der Waals surface area contributed by atoms with Gasteiger partial charge in [0.05, 0.1) is 19.0 Å². The van der Waals surface area contributed by atoms with E-state index in [2.05, 4.69) is 9.97 Å². The van der Waals surface area contributed by atoms with Crippen molar-refractivity contribution in [1.82, 2.24) is 9.97 Å². The van der Waals surface area contributed by atoms with E-state index >= 15 is 0 Å². The Hall–Kier alpha value is -1.36. The van der Waals surface area contributed by atoms with E-state index in [0.29, 0.717) is 25.0 Å². The first-order chi connectivity index (χ1) is 7.51. The third-order valence-corrected chi connectivity index (χ3v) is 1.64. The molecule has 0 aliphatic carbocycles. The normalized spacial score (nSPS) is 11.2. The molecule has 0 radical (unpaired) electrons. The summed E-state index contributed by atoms with van der Waals surface area (Å²) in [7, 11) is 0. The first-order valence-corrected chi connectivity index (χ1v) is 5.38. The zero-order chi connectivity index (χ0) is 12.0. The molecule has 0 unspecified atom stereocenters. The van der Waals surface area contributed by atoms with Crippen LogP contribution >= 0.6 is 0 Å². The maximum atomic E-state index is 5.80. The summed E-state index contributed by atoms with van der Waals surface area (Å²) in [5.41, 5.74) is 5.41. The fraction of sp³-hybridized carbons (Fsp3) is 0.636. The molecule has 0 aliphatic heterocycles. The van der Waals surface area contributed by atoms with E-state index in [1.54, 1.807) is 12.4 Å². The van der Waals surface area contributed by atoms with Crippen LogP contribution in [-0.2, 0) is 0 Å². The Balaban J connectivity index is 2.53. The van der Waals surface area contributed by atoms with E-state index in [-0.39, 0.29) is 5.54 Å². The van der Waals surface area contributed by atoms with E-state index in [9.17, 15) is 0 Å². The van der Waals surface area contributed by atoms with Crippen molar-refractivity contribution < 1.29 is 9.47 Å². The van der Waals surface area contributed by atoms with E-state index < -0.39 is 0 Å². The summed E-state index contributed by atoms with van der Waals surface area (Å²) in [5, 5.41) is 0. The molecule has 1 aromatic rings. The Kier molecular flexibility index (Phi) is 4.49. The van der Waals surface area contributed by atoms with Crippen molar-refractivity contribution in [3.05, 3.63) is 12.4 Å². The molecule has 0 fully saturated rings. The summed E-state index contributed by atoms with van der Waals surface area (Å²) in [5.74, 6) is 0.918. The van der Waals surface area contributed by atoms with Crippen molar-refractivity contribution in [3.63, 3.8) is 0 Å². The molecule has 0 saturated heterocycles. The number of aromatic nitrogens is 2. The number of rotatable bonds is 6. The van der Waals surface area contributed by atoms with E-state index in [4.69, 9.17) is 15.2 Å². The summed E-state index contributed by atoms with van der Waals surface area (Å²) in [6, 6.07) is 0. The van der Waals surface area contributed by atoms with Crippen LogP contribution in [0, 0.1) is 0 Å². The van der Waals surface area contributed by atoms with Gasteiger partial charge in [0.1, 0.15) is 6.61 Å². The predicted molar refractivity (Wildman–Crippen MR) is 61.6 cm³/mol. The van der Waals surface area contributed by atoms with Crippen molar-refractivity contribution in [2.45, 2.75) is 32.7 Å². The molecule has 1 heterocycles. The van der Waals surface area contributed by atoms with Gasteiger partial charge >= 0.3 is 0 Å². The minimum atomic E-state index is -0.387. The first kappa shape index (κ1) is 12.7. The van der Waals surface area contributed by atoms with Gasteiger partial charge < -0.3 is 15.2 Å². The Bertz CT molecular complexity index is 323. The third kappa shape index (κ3) is 4.93. The van der Waals surface area contributed by atoms with Gasteiger partial charge in [0.2, 0.25) is 11.8 Å². The highest BCUT2D eigenvalue weighted by Crippen LogP contribution is 2.12. The van der Waals surface area contributed by atoms with Gasteiger partial charge in [-0.2, -0.15) is 4.98 Å². The van der Waals surface area contributed by atoms with Crippen LogP contribution in [0.5, 0.6) is 11.8 Å². The molecule has 0 spiro atoms. The zero-order valence-electron chi connectivity index (χ0n) is 10.1. The third-order valence-electron chi connectivity index (χ3n) is 1.64. The average molecular weight is 225 g/mol. The van der Waals surface area contributed by atoms with Crippen LogP contribution in [0.4, 0.5) is 0 Å². The molecule has 0 bridgehead atoms. The van der Waals surface area contributed by atoms with Crippen molar-refractivity contribution >= 4 is 0 Å². The zero-order valence-corrected chi connectivity index (χ0v) is 10.1. The highest BCUT2D eigenvalue weighted by atomic mass is 16.5. The van der Waals surface area contributed by atoms with E-state index in [0.717, 1.165) is 6.42 Å². The minimum absolute atomic E-state index is 0.387. The molecule has 0 aliphatic rings. The summed E-state index contributed by atoms with van der Waals surface area (Å²) < 4.78 is 10.8. The maximum absolute atomic E-state index is 5.80. The van der Waals surface area contributed by atoms with Gasteiger partial charge in [-0.3, -0.25) is 4.98 Å². The summed E-state index contributed by atoms with van der Waals surface area (Å²) in [6.07, 6.45) is 4.04. The molecule has 0 amide bonds. The fourth-order valence-corrected chi connectivity index (χ4v) is 0.937. The molecule has 0 atom stereocenters. The van der Waals surface area contributed by atoms with Crippen LogP contribution in [0.1, 0.15) is 27.2 Å². The van der Waals surface area contributed by atoms with Gasteiger partial charge in [0.15, 0.2) is 0 Å². The second-order valence-electron chi connectivity index (χ2n) is 4.32. The lowest BCUT2D eigenvalue weighted by atomic mass is 10.1. The number of ether oxygens (including phenoxy) is 2. The molecule has 16 heavy (non-hydrogen) atoms. The maximum Gasteiger partial charge on any atom is 0.235 e. The molecule has 90 valence electrons. The van der Waals surface area contributed by atoms with Crippen molar-refractivity contribution in [2.24, 2.45) is 5.73 Å². The lowest BCUT2D eigenvalue weighted by Crippen LogP contribution is -2.38. The topological polar surface area (TPSA) is 70.3 Å². The number of nitrogens with two attached hydrogens (primary N) is 1. The van der Waals surface area contributed by atoms with Gasteiger partial charge in [0.25, 0.3) is 0 Å². The Labute approximate surface area is 96.0 Å². The predicted octanol–water partition coefficient (Wildman–Crippen LogP) is 1.38. The van der Waals surface area contributed by atoms with Gasteiger partial charge in [-0.15, -0.1) is 0 Å². The average Bonchev–Trinajstić information content (AvgIpc) is 2.23. The lowest BCUT2D eigenvalue weighted by Gasteiger charge is -2.18. The summed E-state index contributed by atoms with van der Waals surface area (Å²) in [4.78, 5) is 8.14. The first-order valence-electron chi connectivity index (χ1n) is 5.38. The highest BCUT2D eigenvalue weighted by Gasteiger charge is 2.12. The van der Waals surface area contributed by atoms with E-state index in [1.165, 1.54) is 0 Å². The Morgan fingerprint density at radius 2 is 1.88 bits per heavy atom. The quantitative estimate of drug-likeness (QED) is 0.792. The standard InChI is InChI=1S/C11H19N3O2/c1-4-5-15-9-6-13-7-10(14-9)16-8-11(2,3)12/h6-7H,4-5,8,12H2,1-3H3. The van der Waals surface area contributed by atoms with Crippen molar-refractivity contribution in [3.8, 4) is 11.8 Å². The Morgan fingerprint density at radius 3 is 2.44 bits per heavy atom. The molecular formula is C11H19N3O2. The van der Waals surface area contributed by atoms with Crippen molar-refractivity contribution in [2.75, 3.05) is 13.2 Å². The molecule has 5 heteroatoms. The van der Waals surface area contributed by atoms with Gasteiger partial charge in [-0.05, 0) is 20.3 Å². The Morgan fingerprint density at radius 1 is 1.25 bits per heavy atom. The molecule has 5 nitrogen and oxygen atoms in total. The molecule has 0 aromatic carbocycles. The molecule has 0 saturated carbocycles. The van der Waals surface area contributed by atoms with Crippen LogP contribution in [0.2, 0.25) is 0 Å². The van der Waals surface area contributed by atoms with Crippen LogP contribution < -0.4 is 15.2 Å². The number of nitrogens with zero attached hydrogens (tertiary/aromatic N) is 2. The molecule has 1 aromatic heterocycles. The second kappa shape index (κ2) is 5.65. The van der Waals surface area contributed by atoms with Gasteiger partial charge in [0, 0.05) is 5.54 Å². The monoisotopic (exact) mass is 225 g/mol. The van der Waals surface area contributed by atoms with Crippen LogP contribution in [-0.4, -0.2) is 28.7 Å². The largest absolute Gasteiger partial charge is 0.477 e. The number of hydrogen-bond acceptors (Lipinski definition) is 5. The number of hydrogen-bond donors (Lipinski definition) is 1. The molecular weight excluding hydrogens is 206 g/mol. The van der Waals surface area contributed by atoms with Crippen LogP contribution in [0.3, 0.4) is 0 Å². The molecule has 1 rings (SSSR count). The van der Waals surface area contributed by atoms with E-state index in [1.807, 2.05) is 20.8 Å². The highest BCUT2D eigenvalue weighted by molar-refractivity contribution is 5.12. The summed E-state index contributed by atoms with van der Waals surface area (Å²) >= 11 is 0. The second-order valence-corrected chi connectivity index (χ2v) is 4.32. The van der Waals surface area contributed by atoms with Crippen LogP contribution in [0.25, 0.3) is 0 Å². The van der Waals surface area contributed by atoms with Crippen LogP contribution in [0.15, 0.2) is 12.4 Å². The van der Waals surface area contributed by atoms with Crippen molar-refractivity contribution in [1.29, 1.82) is 0 Å². The lowest BCUT2D eigenvalue weighted by molar-refractivity contribution is 0.228. The van der Waals surface area contributed by atoms with Gasteiger partial charge in [-0.25, -0.2) is 0 Å². The SMILES string of the molecule is CCCOc1cncc(OCC(C)(C)N)n1. The molecule has 2 N–H and O–H groups in total. The smallest absolute Gasteiger partial charge is 0.235 e. The minimum Gasteiger partial charge on any atom is -0.477 e. The summed E-state index contributed by atoms with van der Waals surface area (Å²) in [6.45, 7) is 6.82.